The lowest BCUT2D eigenvalue weighted by Crippen LogP contribution is -2.25. The first kappa shape index (κ1) is 19.9. The Balaban J connectivity index is 1.58. The number of nitrogens with one attached hydrogen (secondary N) is 1. The number of phenols is 1. The van der Waals surface area contributed by atoms with E-state index in [9.17, 15) is 19.1 Å². The first-order valence-corrected chi connectivity index (χ1v) is 10.4. The highest BCUT2D eigenvalue weighted by Crippen LogP contribution is 2.46. The number of phenolic OH excluding ortho intramolecular Hbond substituents is 1. The van der Waals surface area contributed by atoms with Crippen molar-refractivity contribution in [2.75, 3.05) is 0 Å². The molecule has 166 valence electrons. The highest BCUT2D eigenvalue weighted by Gasteiger charge is 2.33. The van der Waals surface area contributed by atoms with Gasteiger partial charge in [0.05, 0.1) is 5.56 Å². The first-order chi connectivity index (χ1) is 16.5. The summed E-state index contributed by atoms with van der Waals surface area (Å²) >= 11 is 0. The number of fused-ring (bicyclic) bond motifs is 3. The van der Waals surface area contributed by atoms with Crippen LogP contribution in [-0.2, 0) is 0 Å². The number of para-hydroxylation sites is 1. The fourth-order valence-corrected chi connectivity index (χ4v) is 4.26. The van der Waals surface area contributed by atoms with E-state index in [1.54, 1.807) is 48.5 Å². The van der Waals surface area contributed by atoms with Crippen LogP contribution in [0.4, 0.5) is 4.39 Å². The lowest BCUT2D eigenvalue weighted by molar-refractivity contribution is 0.421. The Labute approximate surface area is 190 Å². The third kappa shape index (κ3) is 3.15. The number of aromatic nitrogens is 2. The van der Waals surface area contributed by atoms with Gasteiger partial charge in [0.15, 0.2) is 5.82 Å². The second-order valence-corrected chi connectivity index (χ2v) is 7.93. The SMILES string of the molecule is O=c1[nH]c(-c2cc3ccccc3oc2=O)nc2c1C(c1ccc(F)cc1)c1ccc(O)cc1O2. The van der Waals surface area contributed by atoms with Crippen LogP contribution in [0, 0.1) is 5.82 Å². The second kappa shape index (κ2) is 7.41. The molecule has 1 atom stereocenters. The molecule has 0 bridgehead atoms. The van der Waals surface area contributed by atoms with Gasteiger partial charge in [0.2, 0.25) is 5.88 Å². The number of nitrogens with zero attached hydrogens (tertiary/aromatic N) is 1. The van der Waals surface area contributed by atoms with Gasteiger partial charge in [-0.3, -0.25) is 4.79 Å². The van der Waals surface area contributed by atoms with Gasteiger partial charge in [-0.05, 0) is 35.9 Å². The van der Waals surface area contributed by atoms with Gasteiger partial charge in [0.25, 0.3) is 5.56 Å². The maximum atomic E-state index is 13.6. The molecule has 0 radical (unpaired) electrons. The van der Waals surface area contributed by atoms with E-state index in [1.807, 2.05) is 0 Å². The summed E-state index contributed by atoms with van der Waals surface area (Å²) in [6.07, 6.45) is 0. The Kier molecular flexibility index (Phi) is 4.35. The predicted octanol–water partition coefficient (Wildman–Crippen LogP) is 4.67. The zero-order valence-corrected chi connectivity index (χ0v) is 17.4. The molecule has 5 aromatic rings. The maximum Gasteiger partial charge on any atom is 0.347 e. The fourth-order valence-electron chi connectivity index (χ4n) is 4.26. The Morgan fingerprint density at radius 3 is 2.59 bits per heavy atom. The van der Waals surface area contributed by atoms with E-state index < -0.39 is 22.9 Å². The molecule has 1 unspecified atom stereocenters. The molecule has 7 nitrogen and oxygen atoms in total. The van der Waals surface area contributed by atoms with Crippen molar-refractivity contribution in [1.29, 1.82) is 0 Å². The van der Waals surface area contributed by atoms with Crippen molar-refractivity contribution in [3.63, 3.8) is 0 Å². The van der Waals surface area contributed by atoms with Crippen molar-refractivity contribution >= 4 is 11.0 Å². The second-order valence-electron chi connectivity index (χ2n) is 7.93. The van der Waals surface area contributed by atoms with Crippen LogP contribution in [0.25, 0.3) is 22.4 Å². The van der Waals surface area contributed by atoms with Crippen LogP contribution in [0.5, 0.6) is 17.4 Å². The molecule has 2 N–H and O–H groups in total. The molecule has 2 aromatic heterocycles. The van der Waals surface area contributed by atoms with Gasteiger partial charge in [0.1, 0.15) is 28.5 Å². The highest BCUT2D eigenvalue weighted by molar-refractivity contribution is 5.80. The summed E-state index contributed by atoms with van der Waals surface area (Å²) in [6, 6.07) is 18.9. The van der Waals surface area contributed by atoms with Crippen LogP contribution >= 0.6 is 0 Å². The molecule has 3 heterocycles. The minimum atomic E-state index is -0.661. The van der Waals surface area contributed by atoms with E-state index in [4.69, 9.17) is 9.15 Å². The molecule has 0 amide bonds. The average Bonchev–Trinajstić information content (AvgIpc) is 2.82. The van der Waals surface area contributed by atoms with Gasteiger partial charge in [-0.25, -0.2) is 9.18 Å². The molecule has 0 fully saturated rings. The number of ether oxygens (including phenoxy) is 1. The number of H-pyrrole nitrogens is 1. The maximum absolute atomic E-state index is 13.6. The molecule has 0 saturated carbocycles. The van der Waals surface area contributed by atoms with Gasteiger partial charge in [-0.1, -0.05) is 36.4 Å². The number of hydrogen-bond donors (Lipinski definition) is 2. The van der Waals surface area contributed by atoms with Crippen LogP contribution < -0.4 is 15.9 Å². The van der Waals surface area contributed by atoms with Crippen LogP contribution in [0.3, 0.4) is 0 Å². The van der Waals surface area contributed by atoms with E-state index >= 15 is 0 Å². The molecule has 1 aliphatic rings. The molecule has 0 spiro atoms. The van der Waals surface area contributed by atoms with Crippen molar-refractivity contribution in [1.82, 2.24) is 9.97 Å². The fraction of sp³-hybridized carbons (Fsp3) is 0.0385. The molecular weight excluding hydrogens is 439 g/mol. The van der Waals surface area contributed by atoms with Crippen molar-refractivity contribution in [3.05, 3.63) is 116 Å². The lowest BCUT2D eigenvalue weighted by atomic mass is 9.84. The van der Waals surface area contributed by atoms with Gasteiger partial charge in [-0.2, -0.15) is 4.98 Å². The van der Waals surface area contributed by atoms with Crippen LogP contribution in [-0.4, -0.2) is 15.1 Å². The zero-order valence-electron chi connectivity index (χ0n) is 17.4. The molecule has 0 saturated heterocycles. The molecule has 34 heavy (non-hydrogen) atoms. The Bertz CT molecular complexity index is 1710. The normalized spacial score (nSPS) is 14.3. The third-order valence-corrected chi connectivity index (χ3v) is 5.82. The summed E-state index contributed by atoms with van der Waals surface area (Å²) in [5.41, 5.74) is 0.770. The topological polar surface area (TPSA) is 105 Å². The van der Waals surface area contributed by atoms with E-state index in [1.165, 1.54) is 24.3 Å². The Hall–Kier alpha value is -4.72. The smallest absolute Gasteiger partial charge is 0.347 e. The summed E-state index contributed by atoms with van der Waals surface area (Å²) in [4.78, 5) is 33.1. The van der Waals surface area contributed by atoms with Crippen molar-refractivity contribution in [3.8, 4) is 28.8 Å². The van der Waals surface area contributed by atoms with E-state index in [-0.39, 0.29) is 28.6 Å². The predicted molar refractivity (Wildman–Crippen MR) is 122 cm³/mol. The van der Waals surface area contributed by atoms with Gasteiger partial charge in [0, 0.05) is 22.9 Å². The summed E-state index contributed by atoms with van der Waals surface area (Å²) in [5.74, 6) is -0.786. The Morgan fingerprint density at radius 2 is 1.76 bits per heavy atom. The number of aromatic hydroxyl groups is 1. The van der Waals surface area contributed by atoms with Gasteiger partial charge >= 0.3 is 5.63 Å². The minimum Gasteiger partial charge on any atom is -0.508 e. The van der Waals surface area contributed by atoms with E-state index in [0.717, 1.165) is 0 Å². The van der Waals surface area contributed by atoms with Crippen LogP contribution in [0.1, 0.15) is 22.6 Å². The molecule has 3 aromatic carbocycles. The number of rotatable bonds is 2. The summed E-state index contributed by atoms with van der Waals surface area (Å²) in [5, 5.41) is 10.6. The summed E-state index contributed by atoms with van der Waals surface area (Å²) in [7, 11) is 0. The van der Waals surface area contributed by atoms with Gasteiger partial charge in [-0.15, -0.1) is 0 Å². The minimum absolute atomic E-state index is 0.00953. The lowest BCUT2D eigenvalue weighted by Gasteiger charge is -2.27. The van der Waals surface area contributed by atoms with Crippen LogP contribution in [0.2, 0.25) is 0 Å². The van der Waals surface area contributed by atoms with Crippen molar-refractivity contribution in [2.45, 2.75) is 5.92 Å². The van der Waals surface area contributed by atoms with E-state index in [0.29, 0.717) is 27.8 Å². The van der Waals surface area contributed by atoms with Crippen molar-refractivity contribution < 1.29 is 18.7 Å². The van der Waals surface area contributed by atoms with Crippen molar-refractivity contribution in [2.24, 2.45) is 0 Å². The van der Waals surface area contributed by atoms with Gasteiger partial charge < -0.3 is 19.2 Å². The van der Waals surface area contributed by atoms with Crippen LogP contribution in [0.15, 0.2) is 86.8 Å². The number of aromatic amines is 1. The standard InChI is InChI=1S/C26H15FN2O5/c27-15-7-5-13(6-8-15)21-17-10-9-16(30)12-20(17)33-25-22(21)24(31)28-23(29-25)18-11-14-3-1-2-4-19(14)34-26(18)32/h1-12,21,30H,(H,28,29,31). The summed E-state index contributed by atoms with van der Waals surface area (Å²) in [6.45, 7) is 0. The highest BCUT2D eigenvalue weighted by atomic mass is 19.1. The molecule has 0 aliphatic carbocycles. The number of halogens is 1. The first-order valence-electron chi connectivity index (χ1n) is 10.4. The number of benzene rings is 3. The molecule has 6 rings (SSSR count). The third-order valence-electron chi connectivity index (χ3n) is 5.82. The van der Waals surface area contributed by atoms with E-state index in [2.05, 4.69) is 9.97 Å². The summed E-state index contributed by atoms with van der Waals surface area (Å²) < 4.78 is 24.9. The number of hydrogen-bond acceptors (Lipinski definition) is 6. The Morgan fingerprint density at radius 1 is 0.971 bits per heavy atom. The average molecular weight is 454 g/mol. The quantitative estimate of drug-likeness (QED) is 0.368. The largest absolute Gasteiger partial charge is 0.508 e. The molecule has 8 heteroatoms. The monoisotopic (exact) mass is 454 g/mol. The molecular formula is C26H15FN2O5. The molecule has 1 aliphatic heterocycles. The zero-order chi connectivity index (χ0) is 23.4.